The number of fused-ring (bicyclic) bond motifs is 3. The van der Waals surface area contributed by atoms with E-state index >= 15 is 0 Å². The molecule has 0 aromatic rings. The van der Waals surface area contributed by atoms with Crippen LogP contribution < -0.4 is 0 Å². The molecule has 5 aliphatic rings. The van der Waals surface area contributed by atoms with E-state index in [-0.39, 0.29) is 30.9 Å². The first kappa shape index (κ1) is 36.1. The highest BCUT2D eigenvalue weighted by Gasteiger charge is 2.82. The summed E-state index contributed by atoms with van der Waals surface area (Å²) in [5.41, 5.74) is -4.81. The van der Waals surface area contributed by atoms with Crippen LogP contribution in [-0.2, 0) is 66.7 Å². The molecule has 14 nitrogen and oxygen atoms in total. The lowest BCUT2D eigenvalue weighted by molar-refractivity contribution is -0.315. The van der Waals surface area contributed by atoms with Crippen molar-refractivity contribution in [2.45, 2.75) is 128 Å². The van der Waals surface area contributed by atoms with Crippen molar-refractivity contribution in [3.05, 3.63) is 12.2 Å². The molecular weight excluding hydrogens is 656 g/mol. The van der Waals surface area contributed by atoms with Gasteiger partial charge in [-0.2, -0.15) is 0 Å². The normalized spacial score (nSPS) is 42.7. The number of rotatable bonds is 7. The van der Waals surface area contributed by atoms with Crippen molar-refractivity contribution in [3.8, 4) is 0 Å². The van der Waals surface area contributed by atoms with Crippen LogP contribution in [0, 0.1) is 23.2 Å². The molecule has 48 heavy (non-hydrogen) atoms. The number of hydrogen-bond acceptors (Lipinski definition) is 14. The molecule has 5 rings (SSSR count). The topological polar surface area (TPSA) is 180 Å². The maximum Gasteiger partial charge on any atom is 0.312 e. The highest BCUT2D eigenvalue weighted by Crippen LogP contribution is 2.66. The zero-order valence-electron chi connectivity index (χ0n) is 28.3. The van der Waals surface area contributed by atoms with Crippen molar-refractivity contribution in [1.29, 1.82) is 0 Å². The van der Waals surface area contributed by atoms with Gasteiger partial charge < -0.3 is 37.9 Å². The zero-order valence-corrected chi connectivity index (χ0v) is 29.0. The second-order valence-electron chi connectivity index (χ2n) is 14.1. The summed E-state index contributed by atoms with van der Waals surface area (Å²) in [5, 5.41) is -1.15. The van der Waals surface area contributed by atoms with E-state index in [0.717, 1.165) is 13.8 Å². The van der Waals surface area contributed by atoms with Gasteiger partial charge in [0, 0.05) is 46.5 Å². The van der Waals surface area contributed by atoms with Gasteiger partial charge in [0.05, 0.1) is 23.3 Å². The molecule has 5 fully saturated rings. The van der Waals surface area contributed by atoms with E-state index in [9.17, 15) is 28.8 Å². The minimum atomic E-state index is -1.86. The summed E-state index contributed by atoms with van der Waals surface area (Å²) < 4.78 is 49.0. The van der Waals surface area contributed by atoms with Gasteiger partial charge in [-0.1, -0.05) is 27.4 Å². The van der Waals surface area contributed by atoms with Crippen LogP contribution >= 0.6 is 11.6 Å². The summed E-state index contributed by atoms with van der Waals surface area (Å²) >= 11 is 7.00. The molecule has 4 aliphatic heterocycles. The van der Waals surface area contributed by atoms with E-state index in [2.05, 4.69) is 6.58 Å². The molecule has 0 N–H and O–H groups in total. The van der Waals surface area contributed by atoms with Crippen molar-refractivity contribution < 1.29 is 66.7 Å². The third-order valence-corrected chi connectivity index (χ3v) is 10.9. The predicted octanol–water partition coefficient (Wildman–Crippen LogP) is 2.34. The zero-order chi connectivity index (χ0) is 35.7. The number of epoxide rings is 1. The molecule has 13 unspecified atom stereocenters. The molecular formula is C33H43ClO14. The van der Waals surface area contributed by atoms with E-state index in [0.29, 0.717) is 0 Å². The summed E-state index contributed by atoms with van der Waals surface area (Å²) in [6.07, 6.45) is -9.39. The number of esters is 6. The largest absolute Gasteiger partial charge is 0.462 e. The number of ether oxygens (including phenoxy) is 8. The van der Waals surface area contributed by atoms with Gasteiger partial charge in [0.1, 0.15) is 30.0 Å². The van der Waals surface area contributed by atoms with E-state index in [1.165, 1.54) is 20.8 Å². The third kappa shape index (κ3) is 5.67. The Labute approximate surface area is 283 Å². The molecule has 2 bridgehead atoms. The van der Waals surface area contributed by atoms with Crippen molar-refractivity contribution in [2.24, 2.45) is 23.2 Å². The van der Waals surface area contributed by atoms with E-state index < -0.39 is 112 Å². The average Bonchev–Trinajstić information content (AvgIpc) is 3.70. The van der Waals surface area contributed by atoms with Gasteiger partial charge in [0.15, 0.2) is 23.9 Å². The van der Waals surface area contributed by atoms with Crippen LogP contribution in [0.15, 0.2) is 12.2 Å². The predicted molar refractivity (Wildman–Crippen MR) is 162 cm³/mol. The first-order valence-electron chi connectivity index (χ1n) is 16.0. The Hall–Kier alpha value is -3.23. The SMILES string of the molecule is C=C1C(Cl)C2OC(=O)C(C)C23OC1C(OC(C)=O)C(OC(C)=O)C1(C)C(OC(C)=O)CC(OC(=O)CC(C)C)C2(CO2)C1C3OC(C)=O. The van der Waals surface area contributed by atoms with E-state index in [1.54, 1.807) is 6.92 Å². The lowest BCUT2D eigenvalue weighted by atomic mass is 9.50. The van der Waals surface area contributed by atoms with Gasteiger partial charge in [0.2, 0.25) is 0 Å². The van der Waals surface area contributed by atoms with Crippen LogP contribution in [0.5, 0.6) is 0 Å². The Morgan fingerprint density at radius 1 is 0.917 bits per heavy atom. The molecule has 0 amide bonds. The molecule has 0 aromatic carbocycles. The number of halogens is 1. The summed E-state index contributed by atoms with van der Waals surface area (Å²) in [5.74, 6) is -6.74. The van der Waals surface area contributed by atoms with Crippen molar-refractivity contribution in [2.75, 3.05) is 6.61 Å². The van der Waals surface area contributed by atoms with Gasteiger partial charge in [-0.25, -0.2) is 0 Å². The molecule has 13 atom stereocenters. The second kappa shape index (κ2) is 12.6. The van der Waals surface area contributed by atoms with Gasteiger partial charge in [-0.05, 0) is 18.4 Å². The molecule has 0 aromatic heterocycles. The minimum absolute atomic E-state index is 0.0349. The lowest BCUT2D eigenvalue weighted by Crippen LogP contribution is -2.78. The fourth-order valence-corrected chi connectivity index (χ4v) is 8.81. The van der Waals surface area contributed by atoms with E-state index in [1.807, 2.05) is 13.8 Å². The Bertz CT molecular complexity index is 1410. The Morgan fingerprint density at radius 2 is 1.48 bits per heavy atom. The summed E-state index contributed by atoms with van der Waals surface area (Å²) in [6, 6.07) is 0. The Morgan fingerprint density at radius 3 is 2.00 bits per heavy atom. The fraction of sp³-hybridized carbons (Fsp3) is 0.758. The summed E-state index contributed by atoms with van der Waals surface area (Å²) in [7, 11) is 0. The first-order chi connectivity index (χ1) is 22.3. The van der Waals surface area contributed by atoms with Gasteiger partial charge in [-0.15, -0.1) is 11.6 Å². The Kier molecular flexibility index (Phi) is 9.45. The monoisotopic (exact) mass is 698 g/mol. The van der Waals surface area contributed by atoms with Gasteiger partial charge in [-0.3, -0.25) is 28.8 Å². The van der Waals surface area contributed by atoms with Gasteiger partial charge in [0.25, 0.3) is 0 Å². The van der Waals surface area contributed by atoms with Crippen LogP contribution in [0.2, 0.25) is 0 Å². The highest BCUT2D eigenvalue weighted by atomic mass is 35.5. The van der Waals surface area contributed by atoms with Gasteiger partial charge >= 0.3 is 35.8 Å². The molecule has 15 heteroatoms. The van der Waals surface area contributed by atoms with Crippen LogP contribution in [-0.4, -0.2) is 102 Å². The van der Waals surface area contributed by atoms with Crippen LogP contribution in [0.4, 0.5) is 0 Å². The molecule has 266 valence electrons. The standard InChI is InChI=1S/C33H43ClO14/c1-13(2)10-22(39)46-21-11-20(42-16(5)35)31(9)26(32(21)12-41-32)29(45-19(8)38)33-15(4)30(40)47-27(33)23(34)14(3)24(48-33)25(43-17(6)36)28(31)44-18(7)37/h13,15,20-21,23-29H,3,10-12H2,1-2,4-9H3. The molecule has 1 saturated carbocycles. The quantitative estimate of drug-likeness (QED) is 0.124. The van der Waals surface area contributed by atoms with Crippen molar-refractivity contribution in [3.63, 3.8) is 0 Å². The van der Waals surface area contributed by atoms with Crippen LogP contribution in [0.1, 0.15) is 68.2 Å². The van der Waals surface area contributed by atoms with Crippen LogP contribution in [0.25, 0.3) is 0 Å². The molecule has 4 saturated heterocycles. The number of hydrogen-bond donors (Lipinski definition) is 0. The molecule has 2 spiro atoms. The second-order valence-corrected chi connectivity index (χ2v) is 14.5. The van der Waals surface area contributed by atoms with Crippen molar-refractivity contribution >= 4 is 47.4 Å². The number of carbonyl (C=O) groups excluding carboxylic acids is 6. The van der Waals surface area contributed by atoms with Crippen molar-refractivity contribution in [1.82, 2.24) is 0 Å². The average molecular weight is 699 g/mol. The Balaban J connectivity index is 1.86. The molecule has 1 aliphatic carbocycles. The number of carbonyl (C=O) groups is 6. The molecule has 4 heterocycles. The van der Waals surface area contributed by atoms with Crippen LogP contribution in [0.3, 0.4) is 0 Å². The number of alkyl halides is 1. The third-order valence-electron chi connectivity index (χ3n) is 10.4. The highest BCUT2D eigenvalue weighted by molar-refractivity contribution is 6.23. The molecule has 0 radical (unpaired) electrons. The first-order valence-corrected chi connectivity index (χ1v) is 16.5. The lowest BCUT2D eigenvalue weighted by Gasteiger charge is -2.63. The minimum Gasteiger partial charge on any atom is -0.462 e. The fourth-order valence-electron chi connectivity index (χ4n) is 8.44. The maximum atomic E-state index is 13.5. The maximum absolute atomic E-state index is 13.5. The summed E-state index contributed by atoms with van der Waals surface area (Å²) in [4.78, 5) is 78.2. The smallest absolute Gasteiger partial charge is 0.312 e. The summed E-state index contributed by atoms with van der Waals surface area (Å²) in [6.45, 7) is 15.6. The van der Waals surface area contributed by atoms with E-state index in [4.69, 9.17) is 49.5 Å².